The van der Waals surface area contributed by atoms with Gasteiger partial charge in [0.1, 0.15) is 17.3 Å². The van der Waals surface area contributed by atoms with Crippen molar-refractivity contribution >= 4 is 45.6 Å². The van der Waals surface area contributed by atoms with E-state index in [-0.39, 0.29) is 29.6 Å². The minimum Gasteiger partial charge on any atom is -0.353 e. The summed E-state index contributed by atoms with van der Waals surface area (Å²) in [6.07, 6.45) is -2.04. The number of nitrogens with one attached hydrogen (secondary N) is 2. The number of halogens is 5. The van der Waals surface area contributed by atoms with Gasteiger partial charge in [0.2, 0.25) is 0 Å². The van der Waals surface area contributed by atoms with E-state index in [0.717, 1.165) is 5.52 Å². The van der Waals surface area contributed by atoms with E-state index in [2.05, 4.69) is 20.3 Å². The molecule has 4 rings (SSSR count). The summed E-state index contributed by atoms with van der Waals surface area (Å²) >= 11 is 6.40. The fourth-order valence-electron chi connectivity index (χ4n) is 3.99. The number of aromatic amines is 1. The molecule has 2 heterocycles. The molecule has 0 saturated carbocycles. The normalized spacial score (nSPS) is 11.8. The van der Waals surface area contributed by atoms with Gasteiger partial charge in [0.05, 0.1) is 28.8 Å². The largest absolute Gasteiger partial charge is 0.471 e. The van der Waals surface area contributed by atoms with Gasteiger partial charge in [-0.15, -0.1) is 0 Å². The molecule has 0 bridgehead atoms. The van der Waals surface area contributed by atoms with Crippen molar-refractivity contribution in [3.05, 3.63) is 65.7 Å². The van der Waals surface area contributed by atoms with Crippen LogP contribution in [0.25, 0.3) is 22.3 Å². The molecule has 0 saturated heterocycles. The fraction of sp³-hybridized carbons (Fsp3) is 0.269. The lowest BCUT2D eigenvalue weighted by atomic mass is 10.2. The molecule has 7 nitrogen and oxygen atoms in total. The maximum atomic E-state index is 13.5. The molecule has 0 aliphatic heterocycles. The van der Waals surface area contributed by atoms with Crippen LogP contribution in [0.4, 0.5) is 34.8 Å². The van der Waals surface area contributed by atoms with Crippen molar-refractivity contribution in [3.63, 3.8) is 0 Å². The third-order valence-electron chi connectivity index (χ3n) is 6.04. The predicted octanol–water partition coefficient (Wildman–Crippen LogP) is 6.40. The van der Waals surface area contributed by atoms with E-state index in [9.17, 15) is 22.4 Å². The average molecular weight is 549 g/mol. The van der Waals surface area contributed by atoms with Gasteiger partial charge < -0.3 is 20.1 Å². The number of nitrogens with zero attached hydrogens (tertiary/aromatic N) is 4. The van der Waals surface area contributed by atoms with Crippen molar-refractivity contribution in [2.45, 2.75) is 20.0 Å². The predicted molar refractivity (Wildman–Crippen MR) is 140 cm³/mol. The molecule has 0 atom stereocenters. The lowest BCUT2D eigenvalue weighted by Crippen LogP contribution is -2.45. The molecule has 38 heavy (non-hydrogen) atoms. The third-order valence-corrected chi connectivity index (χ3v) is 6.35. The third kappa shape index (κ3) is 6.22. The number of rotatable bonds is 9. The number of aromatic nitrogens is 3. The Balaban J connectivity index is 1.57. The summed E-state index contributed by atoms with van der Waals surface area (Å²) in [5.74, 6) is -1.99. The summed E-state index contributed by atoms with van der Waals surface area (Å²) in [6, 6.07) is 10.3. The van der Waals surface area contributed by atoms with Crippen molar-refractivity contribution < 1.29 is 22.4 Å². The van der Waals surface area contributed by atoms with Crippen LogP contribution in [0.5, 0.6) is 0 Å². The van der Waals surface area contributed by atoms with E-state index in [4.69, 9.17) is 11.6 Å². The number of likely N-dealkylation sites (N-methyl/N-ethyl adjacent to an activating group) is 1. The van der Waals surface area contributed by atoms with Gasteiger partial charge in [-0.3, -0.25) is 9.78 Å². The van der Waals surface area contributed by atoms with Crippen LogP contribution in [0, 0.1) is 5.82 Å². The smallest absolute Gasteiger partial charge is 0.353 e. The molecular weight excluding hydrogens is 524 g/mol. The van der Waals surface area contributed by atoms with E-state index in [1.165, 1.54) is 42.7 Å². The quantitative estimate of drug-likeness (QED) is 0.237. The minimum absolute atomic E-state index is 0.0279. The molecule has 0 unspecified atom stereocenters. The number of carbonyl (C=O) groups excluding carboxylic acids is 1. The zero-order chi connectivity index (χ0) is 27.4. The summed E-state index contributed by atoms with van der Waals surface area (Å²) in [4.78, 5) is 26.6. The van der Waals surface area contributed by atoms with Crippen molar-refractivity contribution in [2.24, 2.45) is 0 Å². The Kier molecular flexibility index (Phi) is 8.17. The Hall–Kier alpha value is -3.70. The van der Waals surface area contributed by atoms with Crippen molar-refractivity contribution in [1.82, 2.24) is 19.9 Å². The van der Waals surface area contributed by atoms with E-state index in [0.29, 0.717) is 46.3 Å². The van der Waals surface area contributed by atoms with Gasteiger partial charge in [-0.1, -0.05) is 25.4 Å². The first kappa shape index (κ1) is 27.3. The second-order valence-electron chi connectivity index (χ2n) is 8.47. The lowest BCUT2D eigenvalue weighted by Gasteiger charge is -2.27. The molecule has 0 spiro atoms. The van der Waals surface area contributed by atoms with Crippen molar-refractivity contribution in [3.8, 4) is 11.4 Å². The van der Waals surface area contributed by atoms with Gasteiger partial charge in [0, 0.05) is 29.7 Å². The van der Waals surface area contributed by atoms with Crippen LogP contribution < -0.4 is 10.2 Å². The number of alkyl halides is 3. The van der Waals surface area contributed by atoms with Crippen LogP contribution in [0.15, 0.2) is 54.9 Å². The van der Waals surface area contributed by atoms with Gasteiger partial charge in [-0.2, -0.15) is 13.2 Å². The summed E-state index contributed by atoms with van der Waals surface area (Å²) in [5, 5.41) is 3.78. The van der Waals surface area contributed by atoms with Gasteiger partial charge >= 0.3 is 12.1 Å². The summed E-state index contributed by atoms with van der Waals surface area (Å²) in [7, 11) is 0. The van der Waals surface area contributed by atoms with Crippen molar-refractivity contribution in [2.75, 3.05) is 36.4 Å². The van der Waals surface area contributed by atoms with E-state index >= 15 is 0 Å². The molecule has 200 valence electrons. The topological polar surface area (TPSA) is 77.1 Å². The zero-order valence-corrected chi connectivity index (χ0v) is 21.4. The Labute approximate surface area is 221 Å². The molecule has 2 N–H and O–H groups in total. The Bertz CT molecular complexity index is 1440. The van der Waals surface area contributed by atoms with Gasteiger partial charge in [0.25, 0.3) is 0 Å². The molecule has 0 aliphatic carbocycles. The van der Waals surface area contributed by atoms with E-state index in [1.807, 2.05) is 18.7 Å². The van der Waals surface area contributed by atoms with Crippen LogP contribution >= 0.6 is 11.6 Å². The number of benzene rings is 2. The zero-order valence-electron chi connectivity index (χ0n) is 20.6. The molecule has 0 fully saturated rings. The number of H-pyrrole nitrogens is 1. The number of amides is 1. The average Bonchev–Trinajstić information content (AvgIpc) is 3.31. The van der Waals surface area contributed by atoms with Crippen LogP contribution in [-0.4, -0.2) is 58.1 Å². The Morgan fingerprint density at radius 3 is 2.50 bits per heavy atom. The summed E-state index contributed by atoms with van der Waals surface area (Å²) in [6.45, 7) is 5.20. The summed E-state index contributed by atoms with van der Waals surface area (Å²) < 4.78 is 53.5. The second-order valence-corrected chi connectivity index (χ2v) is 8.88. The van der Waals surface area contributed by atoms with Crippen molar-refractivity contribution in [1.29, 1.82) is 0 Å². The molecule has 2 aromatic heterocycles. The first-order valence-electron chi connectivity index (χ1n) is 11.9. The highest BCUT2D eigenvalue weighted by atomic mass is 35.5. The van der Waals surface area contributed by atoms with Gasteiger partial charge in [-0.05, 0) is 55.6 Å². The van der Waals surface area contributed by atoms with E-state index in [1.54, 1.807) is 12.1 Å². The number of anilines is 3. The molecule has 1 amide bonds. The number of fused-ring (bicyclic) bond motifs is 1. The Morgan fingerprint density at radius 2 is 1.82 bits per heavy atom. The highest BCUT2D eigenvalue weighted by molar-refractivity contribution is 6.33. The van der Waals surface area contributed by atoms with Crippen LogP contribution in [0.2, 0.25) is 5.02 Å². The number of carbonyl (C=O) groups is 1. The van der Waals surface area contributed by atoms with Crippen LogP contribution in [-0.2, 0) is 4.79 Å². The SMILES string of the molecule is CCN(CC)CCN(C(=O)C(F)(F)F)c1ccc(Nc2cncc(-c3cc4cc(F)ccc4[nH]3)n2)c(Cl)c1. The molecule has 12 heteroatoms. The first-order valence-corrected chi connectivity index (χ1v) is 12.2. The monoisotopic (exact) mass is 548 g/mol. The summed E-state index contributed by atoms with van der Waals surface area (Å²) in [5.41, 5.74) is 2.23. The second kappa shape index (κ2) is 11.4. The van der Waals surface area contributed by atoms with Gasteiger partial charge in [0.15, 0.2) is 0 Å². The molecule has 2 aromatic carbocycles. The Morgan fingerprint density at radius 1 is 1.05 bits per heavy atom. The minimum atomic E-state index is -5.03. The highest BCUT2D eigenvalue weighted by Crippen LogP contribution is 2.32. The van der Waals surface area contributed by atoms with Gasteiger partial charge in [-0.25, -0.2) is 9.37 Å². The molecule has 0 aliphatic rings. The first-order chi connectivity index (χ1) is 18.1. The lowest BCUT2D eigenvalue weighted by molar-refractivity contribution is -0.170. The maximum Gasteiger partial charge on any atom is 0.471 e. The molecular formula is C26H25ClF4N6O. The number of hydrogen-bond acceptors (Lipinski definition) is 5. The van der Waals surface area contributed by atoms with Crippen LogP contribution in [0.3, 0.4) is 0 Å². The standard InChI is InChI=1S/C26H25ClF4N6O/c1-3-36(4-2)9-10-37(25(38)26(29,30)31)18-6-8-21(19(27)13-18)34-24-15-32-14-23(35-24)22-12-16-11-17(28)5-7-20(16)33-22/h5-8,11-15,33H,3-4,9-10H2,1-2H3,(H,34,35). The maximum absolute atomic E-state index is 13.5. The highest BCUT2D eigenvalue weighted by Gasteiger charge is 2.43. The number of hydrogen-bond donors (Lipinski definition) is 2. The van der Waals surface area contributed by atoms with E-state index < -0.39 is 12.1 Å². The molecule has 0 radical (unpaired) electrons. The van der Waals surface area contributed by atoms with Crippen LogP contribution in [0.1, 0.15) is 13.8 Å². The fourth-order valence-corrected chi connectivity index (χ4v) is 4.21. The molecule has 4 aromatic rings.